The van der Waals surface area contributed by atoms with Crippen LogP contribution in [0.15, 0.2) is 17.5 Å². The summed E-state index contributed by atoms with van der Waals surface area (Å²) in [4.78, 5) is 13.9. The molecule has 0 radical (unpaired) electrons. The normalized spacial score (nSPS) is 23.6. The van der Waals surface area contributed by atoms with Crippen LogP contribution in [0.2, 0.25) is 0 Å². The number of hydrogen-bond acceptors (Lipinski definition) is 2. The molecule has 1 aliphatic rings. The molecule has 1 aromatic rings. The van der Waals surface area contributed by atoms with Crippen molar-refractivity contribution < 1.29 is 4.79 Å². The smallest absolute Gasteiger partial charge is 0.230 e. The fourth-order valence-electron chi connectivity index (χ4n) is 1.86. The Kier molecular flexibility index (Phi) is 2.87. The van der Waals surface area contributed by atoms with Crippen LogP contribution in [0.25, 0.3) is 0 Å². The number of hydrogen-bond donors (Lipinski definition) is 0. The van der Waals surface area contributed by atoms with Crippen LogP contribution in [0, 0.1) is 5.92 Å². The van der Waals surface area contributed by atoms with Crippen molar-refractivity contribution in [1.82, 2.24) is 0 Å². The molecule has 0 aliphatic carbocycles. The monoisotopic (exact) mass is 209 g/mol. The fourth-order valence-corrected chi connectivity index (χ4v) is 2.62. The molecule has 1 fully saturated rings. The number of carbonyl (C=O) groups is 1. The third-order valence-electron chi connectivity index (χ3n) is 2.73. The molecule has 3 heteroatoms. The minimum Gasteiger partial charge on any atom is -0.304 e. The van der Waals surface area contributed by atoms with Gasteiger partial charge in [-0.05, 0) is 30.4 Å². The predicted octanol–water partition coefficient (Wildman–Crippen LogP) is 2.90. The molecule has 0 unspecified atom stereocenters. The highest BCUT2D eigenvalue weighted by Gasteiger charge is 2.24. The van der Waals surface area contributed by atoms with Gasteiger partial charge in [-0.1, -0.05) is 13.3 Å². The van der Waals surface area contributed by atoms with Crippen LogP contribution in [0.5, 0.6) is 0 Å². The van der Waals surface area contributed by atoms with Crippen LogP contribution >= 0.6 is 11.3 Å². The minimum absolute atomic E-state index is 0.194. The Morgan fingerprint density at radius 3 is 3.07 bits per heavy atom. The van der Waals surface area contributed by atoms with E-state index in [2.05, 4.69) is 0 Å². The highest BCUT2D eigenvalue weighted by molar-refractivity contribution is 7.14. The van der Waals surface area contributed by atoms with Gasteiger partial charge in [0.15, 0.2) is 0 Å². The summed E-state index contributed by atoms with van der Waals surface area (Å²) in [6.07, 6.45) is 3.35. The second kappa shape index (κ2) is 4.13. The van der Waals surface area contributed by atoms with E-state index in [4.69, 9.17) is 0 Å². The Balaban J connectivity index is 2.20. The molecule has 14 heavy (non-hydrogen) atoms. The molecule has 0 N–H and O–H groups in total. The molecular formula is C11H15NOS. The standard InChI is InChI=1S/C11H15NOS/c1-9-5-2-3-7-12(11(9)13)10-6-4-8-14-10/h4,6,8-9H,2-3,5,7H2,1H3/t9-/m0/s1. The minimum atomic E-state index is 0.194. The number of amides is 1. The zero-order valence-electron chi connectivity index (χ0n) is 8.40. The summed E-state index contributed by atoms with van der Waals surface area (Å²) in [5.74, 6) is 0.490. The predicted molar refractivity (Wildman–Crippen MR) is 59.7 cm³/mol. The molecular weight excluding hydrogens is 194 g/mol. The quantitative estimate of drug-likeness (QED) is 0.696. The van der Waals surface area contributed by atoms with Crippen molar-refractivity contribution in [2.24, 2.45) is 5.92 Å². The van der Waals surface area contributed by atoms with Gasteiger partial charge in [0.25, 0.3) is 0 Å². The van der Waals surface area contributed by atoms with E-state index in [1.54, 1.807) is 11.3 Å². The summed E-state index contributed by atoms with van der Waals surface area (Å²) in [6.45, 7) is 2.93. The first-order valence-corrected chi connectivity index (χ1v) is 6.02. The lowest BCUT2D eigenvalue weighted by molar-refractivity contribution is -0.121. The summed E-state index contributed by atoms with van der Waals surface area (Å²) >= 11 is 1.65. The number of nitrogens with zero attached hydrogens (tertiary/aromatic N) is 1. The second-order valence-corrected chi connectivity index (χ2v) is 4.76. The Labute approximate surface area is 88.5 Å². The summed E-state index contributed by atoms with van der Waals surface area (Å²) < 4.78 is 0. The van der Waals surface area contributed by atoms with E-state index in [0.717, 1.165) is 24.4 Å². The van der Waals surface area contributed by atoms with Gasteiger partial charge in [0, 0.05) is 12.5 Å². The molecule has 2 heterocycles. The van der Waals surface area contributed by atoms with Gasteiger partial charge >= 0.3 is 0 Å². The van der Waals surface area contributed by atoms with Crippen molar-refractivity contribution in [3.63, 3.8) is 0 Å². The molecule has 2 nitrogen and oxygen atoms in total. The maximum Gasteiger partial charge on any atom is 0.230 e. The van der Waals surface area contributed by atoms with Crippen LogP contribution in [0.1, 0.15) is 26.2 Å². The van der Waals surface area contributed by atoms with Gasteiger partial charge in [-0.3, -0.25) is 4.79 Å². The van der Waals surface area contributed by atoms with Crippen LogP contribution < -0.4 is 4.90 Å². The molecule has 1 saturated heterocycles. The Hall–Kier alpha value is -0.830. The van der Waals surface area contributed by atoms with Gasteiger partial charge < -0.3 is 4.90 Å². The Morgan fingerprint density at radius 2 is 2.36 bits per heavy atom. The zero-order chi connectivity index (χ0) is 9.97. The lowest BCUT2D eigenvalue weighted by atomic mass is 10.1. The maximum atomic E-state index is 12.0. The maximum absolute atomic E-state index is 12.0. The average Bonchev–Trinajstić information content (AvgIpc) is 2.64. The summed E-state index contributed by atoms with van der Waals surface area (Å²) in [5, 5.41) is 3.13. The van der Waals surface area contributed by atoms with E-state index in [0.29, 0.717) is 5.91 Å². The van der Waals surface area contributed by atoms with Crippen molar-refractivity contribution in [2.75, 3.05) is 11.4 Å². The first-order valence-electron chi connectivity index (χ1n) is 5.14. The van der Waals surface area contributed by atoms with E-state index in [1.165, 1.54) is 6.42 Å². The van der Waals surface area contributed by atoms with E-state index >= 15 is 0 Å². The van der Waals surface area contributed by atoms with E-state index in [9.17, 15) is 4.79 Å². The largest absolute Gasteiger partial charge is 0.304 e. The van der Waals surface area contributed by atoms with Crippen LogP contribution in [-0.2, 0) is 4.79 Å². The lowest BCUT2D eigenvalue weighted by Crippen LogP contribution is -2.33. The van der Waals surface area contributed by atoms with Gasteiger partial charge in [0.1, 0.15) is 0 Å². The van der Waals surface area contributed by atoms with Gasteiger partial charge in [-0.2, -0.15) is 0 Å². The Bertz CT molecular complexity index is 307. The first-order chi connectivity index (χ1) is 6.79. The van der Waals surface area contributed by atoms with Gasteiger partial charge in [-0.25, -0.2) is 0 Å². The molecule has 1 amide bonds. The highest BCUT2D eigenvalue weighted by atomic mass is 32.1. The van der Waals surface area contributed by atoms with E-state index in [-0.39, 0.29) is 5.92 Å². The molecule has 76 valence electrons. The zero-order valence-corrected chi connectivity index (χ0v) is 9.22. The van der Waals surface area contributed by atoms with Crippen molar-refractivity contribution >= 4 is 22.2 Å². The molecule has 1 aromatic heterocycles. The van der Waals surface area contributed by atoms with Gasteiger partial charge in [0.2, 0.25) is 5.91 Å². The van der Waals surface area contributed by atoms with Crippen LogP contribution in [-0.4, -0.2) is 12.5 Å². The average molecular weight is 209 g/mol. The molecule has 1 atom stereocenters. The molecule has 0 spiro atoms. The highest BCUT2D eigenvalue weighted by Crippen LogP contribution is 2.27. The number of thiophene rings is 1. The van der Waals surface area contributed by atoms with E-state index in [1.807, 2.05) is 29.3 Å². The number of rotatable bonds is 1. The molecule has 0 bridgehead atoms. The van der Waals surface area contributed by atoms with Crippen molar-refractivity contribution in [3.8, 4) is 0 Å². The lowest BCUT2D eigenvalue weighted by Gasteiger charge is -2.20. The number of anilines is 1. The van der Waals surface area contributed by atoms with Gasteiger partial charge in [-0.15, -0.1) is 11.3 Å². The van der Waals surface area contributed by atoms with Crippen molar-refractivity contribution in [3.05, 3.63) is 17.5 Å². The fraction of sp³-hybridized carbons (Fsp3) is 0.545. The molecule has 0 saturated carbocycles. The van der Waals surface area contributed by atoms with E-state index < -0.39 is 0 Å². The molecule has 2 rings (SSSR count). The molecule has 1 aliphatic heterocycles. The SMILES string of the molecule is C[C@H]1CCCCN(c2cccs2)C1=O. The Morgan fingerprint density at radius 1 is 1.50 bits per heavy atom. The summed E-state index contributed by atoms with van der Waals surface area (Å²) in [7, 11) is 0. The molecule has 0 aromatic carbocycles. The van der Waals surface area contributed by atoms with Crippen molar-refractivity contribution in [1.29, 1.82) is 0 Å². The summed E-state index contributed by atoms with van der Waals surface area (Å²) in [6, 6.07) is 4.03. The van der Waals surface area contributed by atoms with Crippen LogP contribution in [0.3, 0.4) is 0 Å². The van der Waals surface area contributed by atoms with Crippen LogP contribution in [0.4, 0.5) is 5.00 Å². The first kappa shape index (κ1) is 9.71. The third-order valence-corrected chi connectivity index (χ3v) is 3.62. The summed E-state index contributed by atoms with van der Waals surface area (Å²) in [5.41, 5.74) is 0. The van der Waals surface area contributed by atoms with Crippen molar-refractivity contribution in [2.45, 2.75) is 26.2 Å². The van der Waals surface area contributed by atoms with Gasteiger partial charge in [0.05, 0.1) is 5.00 Å². The topological polar surface area (TPSA) is 20.3 Å². The number of carbonyl (C=O) groups excluding carboxylic acids is 1. The third kappa shape index (κ3) is 1.82. The second-order valence-electron chi connectivity index (χ2n) is 3.84.